The number of benzene rings is 2. The number of para-hydroxylation sites is 1. The van der Waals surface area contributed by atoms with E-state index >= 15 is 0 Å². The van der Waals surface area contributed by atoms with Crippen LogP contribution in [0.4, 0.5) is 5.69 Å². The summed E-state index contributed by atoms with van der Waals surface area (Å²) in [6.45, 7) is 7.49. The van der Waals surface area contributed by atoms with Crippen molar-refractivity contribution in [1.82, 2.24) is 8.87 Å². The molecule has 0 radical (unpaired) electrons. The molecule has 0 saturated heterocycles. The van der Waals surface area contributed by atoms with Crippen molar-refractivity contribution < 1.29 is 8.42 Å². The average Bonchev–Trinajstić information content (AvgIpc) is 3.12. The summed E-state index contributed by atoms with van der Waals surface area (Å²) in [6.07, 6.45) is 0. The van der Waals surface area contributed by atoms with E-state index in [1.54, 1.807) is 23.5 Å². The van der Waals surface area contributed by atoms with Gasteiger partial charge in [0.05, 0.1) is 16.3 Å². The predicted octanol–water partition coefficient (Wildman–Crippen LogP) is 4.50. The third kappa shape index (κ3) is 4.11. The van der Waals surface area contributed by atoms with Crippen LogP contribution in [0.5, 0.6) is 0 Å². The summed E-state index contributed by atoms with van der Waals surface area (Å²) in [5.41, 5.74) is 2.93. The molecule has 1 heterocycles. The highest BCUT2D eigenvalue weighted by atomic mass is 32.2. The van der Waals surface area contributed by atoms with Gasteiger partial charge in [-0.05, 0) is 36.8 Å². The summed E-state index contributed by atoms with van der Waals surface area (Å²) in [5, 5.41) is 2.07. The van der Waals surface area contributed by atoms with E-state index in [4.69, 9.17) is 4.99 Å². The van der Waals surface area contributed by atoms with Gasteiger partial charge in [-0.3, -0.25) is 0 Å². The molecule has 0 aliphatic heterocycles. The molecule has 0 saturated carbocycles. The third-order valence-corrected chi connectivity index (χ3v) is 7.52. The second-order valence-corrected chi connectivity index (χ2v) is 8.98. The standard InChI is InChI=1S/C21H25N3O2S2/c1-4-23(5-2)28(25,26)19-14-12-17(13-15-19)20-16-27-21(24(20)6-3)22-18-10-8-7-9-11-18/h7-16H,4-6H2,1-3H3. The molecular formula is C21H25N3O2S2. The van der Waals surface area contributed by atoms with Crippen LogP contribution >= 0.6 is 11.3 Å². The first-order valence-corrected chi connectivity index (χ1v) is 11.7. The zero-order valence-electron chi connectivity index (χ0n) is 16.4. The highest BCUT2D eigenvalue weighted by molar-refractivity contribution is 7.89. The van der Waals surface area contributed by atoms with Crippen LogP contribution in [0, 0.1) is 0 Å². The van der Waals surface area contributed by atoms with Crippen molar-refractivity contribution in [3.8, 4) is 11.3 Å². The van der Waals surface area contributed by atoms with E-state index in [0.717, 1.165) is 28.3 Å². The van der Waals surface area contributed by atoms with E-state index in [1.807, 2.05) is 56.3 Å². The van der Waals surface area contributed by atoms with Gasteiger partial charge in [0.1, 0.15) is 0 Å². The molecule has 2 aromatic carbocycles. The highest BCUT2D eigenvalue weighted by Gasteiger charge is 2.21. The SMILES string of the molecule is CCN(CC)S(=O)(=O)c1ccc(-c2csc(=Nc3ccccc3)n2CC)cc1. The number of sulfonamides is 1. The second-order valence-electron chi connectivity index (χ2n) is 6.21. The smallest absolute Gasteiger partial charge is 0.243 e. The van der Waals surface area contributed by atoms with Crippen LogP contribution in [0.15, 0.2) is 69.9 Å². The molecule has 0 fully saturated rings. The summed E-state index contributed by atoms with van der Waals surface area (Å²) in [4.78, 5) is 5.99. The van der Waals surface area contributed by atoms with Crippen molar-refractivity contribution in [3.05, 3.63) is 64.8 Å². The number of nitrogens with zero attached hydrogens (tertiary/aromatic N) is 3. The van der Waals surface area contributed by atoms with Gasteiger partial charge >= 0.3 is 0 Å². The van der Waals surface area contributed by atoms with Gasteiger partial charge in [0.15, 0.2) is 4.80 Å². The first kappa shape index (κ1) is 20.5. The molecule has 148 valence electrons. The molecule has 3 rings (SSSR count). The quantitative estimate of drug-likeness (QED) is 0.570. The number of aromatic nitrogens is 1. The molecule has 3 aromatic rings. The fourth-order valence-corrected chi connectivity index (χ4v) is 5.53. The highest BCUT2D eigenvalue weighted by Crippen LogP contribution is 2.24. The van der Waals surface area contributed by atoms with E-state index in [9.17, 15) is 8.42 Å². The molecule has 0 amide bonds. The maximum Gasteiger partial charge on any atom is 0.243 e. The minimum absolute atomic E-state index is 0.326. The van der Waals surface area contributed by atoms with Crippen molar-refractivity contribution in [2.24, 2.45) is 4.99 Å². The molecule has 0 bridgehead atoms. The van der Waals surface area contributed by atoms with Gasteiger partial charge in [-0.15, -0.1) is 11.3 Å². The summed E-state index contributed by atoms with van der Waals surface area (Å²) in [7, 11) is -3.44. The van der Waals surface area contributed by atoms with E-state index in [1.165, 1.54) is 4.31 Å². The summed E-state index contributed by atoms with van der Waals surface area (Å²) < 4.78 is 29.0. The van der Waals surface area contributed by atoms with Gasteiger partial charge in [-0.2, -0.15) is 4.31 Å². The van der Waals surface area contributed by atoms with Gasteiger partial charge < -0.3 is 4.57 Å². The van der Waals surface area contributed by atoms with Gasteiger partial charge in [-0.1, -0.05) is 44.2 Å². The monoisotopic (exact) mass is 415 g/mol. The lowest BCUT2D eigenvalue weighted by Gasteiger charge is -2.18. The Morgan fingerprint density at radius 2 is 1.61 bits per heavy atom. The fraction of sp³-hybridized carbons (Fsp3) is 0.286. The topological polar surface area (TPSA) is 54.7 Å². The van der Waals surface area contributed by atoms with Crippen LogP contribution in [0.2, 0.25) is 0 Å². The molecule has 0 spiro atoms. The first-order valence-electron chi connectivity index (χ1n) is 9.40. The summed E-state index contributed by atoms with van der Waals surface area (Å²) in [5.74, 6) is 0. The van der Waals surface area contributed by atoms with Crippen molar-refractivity contribution in [3.63, 3.8) is 0 Å². The Balaban J connectivity index is 1.98. The van der Waals surface area contributed by atoms with Crippen LogP contribution in [0.25, 0.3) is 11.3 Å². The normalized spacial score (nSPS) is 12.6. The minimum Gasteiger partial charge on any atom is -0.317 e. The Bertz CT molecular complexity index is 1080. The van der Waals surface area contributed by atoms with Crippen LogP contribution in [0.1, 0.15) is 20.8 Å². The number of thiazole rings is 1. The van der Waals surface area contributed by atoms with E-state index in [-0.39, 0.29) is 0 Å². The van der Waals surface area contributed by atoms with Gasteiger partial charge in [0.2, 0.25) is 10.0 Å². The lowest BCUT2D eigenvalue weighted by Crippen LogP contribution is -2.30. The fourth-order valence-electron chi connectivity index (χ4n) is 3.08. The average molecular weight is 416 g/mol. The Labute approximate surface area is 170 Å². The van der Waals surface area contributed by atoms with Crippen LogP contribution in [0.3, 0.4) is 0 Å². The van der Waals surface area contributed by atoms with Crippen molar-refractivity contribution >= 4 is 27.0 Å². The summed E-state index contributed by atoms with van der Waals surface area (Å²) >= 11 is 1.58. The number of rotatable bonds is 7. The Hall–Kier alpha value is -2.22. The van der Waals surface area contributed by atoms with Crippen molar-refractivity contribution in [2.75, 3.05) is 13.1 Å². The van der Waals surface area contributed by atoms with Crippen LogP contribution < -0.4 is 4.80 Å². The van der Waals surface area contributed by atoms with E-state index in [0.29, 0.717) is 18.0 Å². The molecule has 5 nitrogen and oxygen atoms in total. The van der Waals surface area contributed by atoms with E-state index in [2.05, 4.69) is 16.9 Å². The number of hydrogen-bond acceptors (Lipinski definition) is 4. The first-order chi connectivity index (χ1) is 13.5. The van der Waals surface area contributed by atoms with Gasteiger partial charge in [-0.25, -0.2) is 13.4 Å². The maximum absolute atomic E-state index is 12.7. The molecular weight excluding hydrogens is 390 g/mol. The third-order valence-electron chi connectivity index (χ3n) is 4.59. The Kier molecular flexibility index (Phi) is 6.49. The molecule has 28 heavy (non-hydrogen) atoms. The molecule has 0 atom stereocenters. The number of hydrogen-bond donors (Lipinski definition) is 0. The van der Waals surface area contributed by atoms with Crippen molar-refractivity contribution in [2.45, 2.75) is 32.2 Å². The Morgan fingerprint density at radius 1 is 0.964 bits per heavy atom. The molecule has 7 heteroatoms. The molecule has 0 aliphatic rings. The predicted molar refractivity (Wildman–Crippen MR) is 115 cm³/mol. The maximum atomic E-state index is 12.7. The summed E-state index contributed by atoms with van der Waals surface area (Å²) in [6, 6.07) is 17.0. The lowest BCUT2D eigenvalue weighted by atomic mass is 10.2. The van der Waals surface area contributed by atoms with Crippen molar-refractivity contribution in [1.29, 1.82) is 0 Å². The van der Waals surface area contributed by atoms with Gasteiger partial charge in [0, 0.05) is 25.0 Å². The minimum atomic E-state index is -3.44. The molecule has 0 N–H and O–H groups in total. The Morgan fingerprint density at radius 3 is 2.18 bits per heavy atom. The van der Waals surface area contributed by atoms with Gasteiger partial charge in [0.25, 0.3) is 0 Å². The largest absolute Gasteiger partial charge is 0.317 e. The van der Waals surface area contributed by atoms with E-state index < -0.39 is 10.0 Å². The molecule has 0 aliphatic carbocycles. The molecule has 1 aromatic heterocycles. The van der Waals surface area contributed by atoms with Crippen LogP contribution in [-0.4, -0.2) is 30.4 Å². The lowest BCUT2D eigenvalue weighted by molar-refractivity contribution is 0.445. The zero-order valence-corrected chi connectivity index (χ0v) is 18.0. The molecule has 0 unspecified atom stereocenters. The second kappa shape index (κ2) is 8.86. The zero-order chi connectivity index (χ0) is 20.1. The van der Waals surface area contributed by atoms with Crippen LogP contribution in [-0.2, 0) is 16.6 Å².